The third kappa shape index (κ3) is 2.61. The van der Waals surface area contributed by atoms with Crippen molar-refractivity contribution in [1.82, 2.24) is 29.5 Å². The molecule has 5 aromatic rings. The van der Waals surface area contributed by atoms with Crippen LogP contribution < -0.4 is 0 Å². The van der Waals surface area contributed by atoms with Crippen LogP contribution in [-0.4, -0.2) is 29.5 Å². The number of aromatic nitrogens is 6. The van der Waals surface area contributed by atoms with Crippen LogP contribution in [0.15, 0.2) is 64.6 Å². The van der Waals surface area contributed by atoms with Gasteiger partial charge in [-0.3, -0.25) is 0 Å². The van der Waals surface area contributed by atoms with E-state index in [-0.39, 0.29) is 5.82 Å². The van der Waals surface area contributed by atoms with E-state index in [0.717, 1.165) is 26.4 Å². The van der Waals surface area contributed by atoms with Gasteiger partial charge >= 0.3 is 0 Å². The SMILES string of the molecule is Fc1ccc(-c2csc3ncnc(Sc4nc5ncccn5n4)c23)cc1. The fourth-order valence-electron chi connectivity index (χ4n) is 2.61. The van der Waals surface area contributed by atoms with E-state index in [1.807, 2.05) is 5.38 Å². The summed E-state index contributed by atoms with van der Waals surface area (Å²) in [6.45, 7) is 0. The van der Waals surface area contributed by atoms with Crippen molar-refractivity contribution >= 4 is 39.1 Å². The van der Waals surface area contributed by atoms with Crippen LogP contribution in [0.4, 0.5) is 4.39 Å². The molecular formula is C17H9FN6S2. The number of thiophene rings is 1. The van der Waals surface area contributed by atoms with Crippen molar-refractivity contribution in [3.05, 3.63) is 60.3 Å². The molecule has 0 aliphatic carbocycles. The van der Waals surface area contributed by atoms with E-state index in [1.165, 1.54) is 41.6 Å². The summed E-state index contributed by atoms with van der Waals surface area (Å²) in [7, 11) is 0. The summed E-state index contributed by atoms with van der Waals surface area (Å²) in [5, 5.41) is 8.65. The Hall–Kier alpha value is -2.91. The summed E-state index contributed by atoms with van der Waals surface area (Å²) in [5.74, 6) is 0.268. The lowest BCUT2D eigenvalue weighted by Gasteiger charge is -2.03. The Morgan fingerprint density at radius 3 is 2.81 bits per heavy atom. The average Bonchev–Trinajstić information content (AvgIpc) is 3.26. The van der Waals surface area contributed by atoms with Crippen LogP contribution in [0.1, 0.15) is 0 Å². The fourth-order valence-corrected chi connectivity index (χ4v) is 4.43. The third-order valence-electron chi connectivity index (χ3n) is 3.78. The van der Waals surface area contributed by atoms with E-state index >= 15 is 0 Å². The molecule has 0 unspecified atom stereocenters. The van der Waals surface area contributed by atoms with Crippen molar-refractivity contribution in [2.45, 2.75) is 10.2 Å². The number of hydrogen-bond donors (Lipinski definition) is 0. The van der Waals surface area contributed by atoms with Gasteiger partial charge in [-0.25, -0.2) is 23.9 Å². The van der Waals surface area contributed by atoms with Gasteiger partial charge in [-0.05, 0) is 35.5 Å². The Kier molecular flexibility index (Phi) is 3.61. The predicted octanol–water partition coefficient (Wildman–Crippen LogP) is 4.09. The van der Waals surface area contributed by atoms with E-state index in [9.17, 15) is 4.39 Å². The summed E-state index contributed by atoms with van der Waals surface area (Å²) in [5.41, 5.74) is 1.88. The van der Waals surface area contributed by atoms with Gasteiger partial charge in [0.05, 0.1) is 5.39 Å². The second kappa shape index (κ2) is 6.11. The molecule has 0 atom stereocenters. The molecule has 6 nitrogen and oxygen atoms in total. The van der Waals surface area contributed by atoms with Crippen LogP contribution in [0, 0.1) is 5.82 Å². The zero-order valence-electron chi connectivity index (χ0n) is 13.1. The fraction of sp³-hybridized carbons (Fsp3) is 0. The topological polar surface area (TPSA) is 68.9 Å². The lowest BCUT2D eigenvalue weighted by atomic mass is 10.1. The molecular weight excluding hydrogens is 371 g/mol. The highest BCUT2D eigenvalue weighted by molar-refractivity contribution is 7.99. The molecule has 0 fully saturated rings. The molecule has 0 N–H and O–H groups in total. The molecule has 0 aliphatic heterocycles. The van der Waals surface area contributed by atoms with Crippen LogP contribution in [-0.2, 0) is 0 Å². The van der Waals surface area contributed by atoms with Gasteiger partial charge < -0.3 is 0 Å². The lowest BCUT2D eigenvalue weighted by molar-refractivity contribution is 0.628. The highest BCUT2D eigenvalue weighted by Crippen LogP contribution is 2.39. The minimum atomic E-state index is -0.263. The highest BCUT2D eigenvalue weighted by Gasteiger charge is 2.16. The Morgan fingerprint density at radius 1 is 1.08 bits per heavy atom. The molecule has 126 valence electrons. The quantitative estimate of drug-likeness (QED) is 0.439. The summed E-state index contributed by atoms with van der Waals surface area (Å²) < 4.78 is 14.9. The van der Waals surface area contributed by atoms with E-state index in [2.05, 4.69) is 25.0 Å². The Labute approximate surface area is 154 Å². The number of nitrogens with zero attached hydrogens (tertiary/aromatic N) is 6. The first-order chi connectivity index (χ1) is 12.8. The number of benzene rings is 1. The van der Waals surface area contributed by atoms with E-state index in [0.29, 0.717) is 10.9 Å². The molecule has 1 aromatic carbocycles. The van der Waals surface area contributed by atoms with Crippen molar-refractivity contribution < 1.29 is 4.39 Å². The van der Waals surface area contributed by atoms with Crippen molar-refractivity contribution in [3.63, 3.8) is 0 Å². The minimum absolute atomic E-state index is 0.263. The number of halogens is 1. The Balaban J connectivity index is 1.63. The maximum atomic E-state index is 13.3. The van der Waals surface area contributed by atoms with Crippen LogP contribution in [0.2, 0.25) is 0 Å². The normalized spacial score (nSPS) is 11.4. The van der Waals surface area contributed by atoms with Crippen molar-refractivity contribution in [2.24, 2.45) is 0 Å². The standard InChI is InChI=1S/C17H9FN6S2/c18-11-4-2-10(3-5-11)12-8-25-14-13(12)15(21-9-20-14)26-17-22-16-19-6-1-7-24(16)23-17/h1-9H. The van der Waals surface area contributed by atoms with Gasteiger partial charge in [0.25, 0.3) is 5.78 Å². The zero-order valence-corrected chi connectivity index (χ0v) is 14.7. The summed E-state index contributed by atoms with van der Waals surface area (Å²) in [6, 6.07) is 8.21. The van der Waals surface area contributed by atoms with Crippen LogP contribution in [0.25, 0.3) is 27.1 Å². The van der Waals surface area contributed by atoms with E-state index in [1.54, 1.807) is 35.1 Å². The van der Waals surface area contributed by atoms with Gasteiger partial charge in [0, 0.05) is 23.3 Å². The van der Waals surface area contributed by atoms with Crippen LogP contribution in [0.3, 0.4) is 0 Å². The minimum Gasteiger partial charge on any atom is -0.229 e. The van der Waals surface area contributed by atoms with Crippen LogP contribution in [0.5, 0.6) is 0 Å². The molecule has 0 saturated heterocycles. The molecule has 26 heavy (non-hydrogen) atoms. The Morgan fingerprint density at radius 2 is 1.96 bits per heavy atom. The van der Waals surface area contributed by atoms with Crippen molar-refractivity contribution in [3.8, 4) is 11.1 Å². The molecule has 4 aromatic heterocycles. The molecule has 0 spiro atoms. The molecule has 5 rings (SSSR count). The first kappa shape index (κ1) is 15.4. The lowest BCUT2D eigenvalue weighted by Crippen LogP contribution is -1.88. The maximum absolute atomic E-state index is 13.3. The summed E-state index contributed by atoms with van der Waals surface area (Å²) in [6.07, 6.45) is 5.00. The molecule has 0 aliphatic rings. The molecule has 0 bridgehead atoms. The molecule has 0 radical (unpaired) electrons. The first-order valence-corrected chi connectivity index (χ1v) is 9.31. The predicted molar refractivity (Wildman–Crippen MR) is 97.7 cm³/mol. The van der Waals surface area contributed by atoms with Gasteiger partial charge in [-0.1, -0.05) is 12.1 Å². The highest BCUT2D eigenvalue weighted by atomic mass is 32.2. The largest absolute Gasteiger partial charge is 0.253 e. The van der Waals surface area contributed by atoms with Crippen molar-refractivity contribution in [2.75, 3.05) is 0 Å². The van der Waals surface area contributed by atoms with Crippen LogP contribution >= 0.6 is 23.1 Å². The molecule has 0 saturated carbocycles. The smallest absolute Gasteiger partial charge is 0.229 e. The second-order valence-corrected chi connectivity index (χ2v) is 7.19. The number of hydrogen-bond acceptors (Lipinski definition) is 7. The first-order valence-electron chi connectivity index (χ1n) is 7.61. The maximum Gasteiger partial charge on any atom is 0.253 e. The molecule has 9 heteroatoms. The van der Waals surface area contributed by atoms with Crippen molar-refractivity contribution in [1.29, 1.82) is 0 Å². The van der Waals surface area contributed by atoms with Gasteiger partial charge in [-0.2, -0.15) is 4.98 Å². The molecule has 4 heterocycles. The monoisotopic (exact) mass is 380 g/mol. The average molecular weight is 380 g/mol. The zero-order chi connectivity index (χ0) is 17.5. The van der Waals surface area contributed by atoms with Gasteiger partial charge in [-0.15, -0.1) is 16.4 Å². The number of fused-ring (bicyclic) bond motifs is 2. The third-order valence-corrected chi connectivity index (χ3v) is 5.52. The Bertz CT molecular complexity index is 1200. The van der Waals surface area contributed by atoms with Gasteiger partial charge in [0.15, 0.2) is 0 Å². The summed E-state index contributed by atoms with van der Waals surface area (Å²) >= 11 is 2.88. The second-order valence-electron chi connectivity index (χ2n) is 5.38. The summed E-state index contributed by atoms with van der Waals surface area (Å²) in [4.78, 5) is 18.2. The van der Waals surface area contributed by atoms with Gasteiger partial charge in [0.1, 0.15) is 22.0 Å². The van der Waals surface area contributed by atoms with E-state index < -0.39 is 0 Å². The number of rotatable bonds is 3. The van der Waals surface area contributed by atoms with E-state index in [4.69, 9.17) is 0 Å². The van der Waals surface area contributed by atoms with Gasteiger partial charge in [0.2, 0.25) is 5.16 Å². The molecule has 0 amide bonds.